The maximum atomic E-state index is 11.9. The number of benzene rings is 1. The van der Waals surface area contributed by atoms with Gasteiger partial charge in [-0.1, -0.05) is 18.2 Å². The van der Waals surface area contributed by atoms with Gasteiger partial charge in [0, 0.05) is 14.1 Å². The molecule has 0 bridgehead atoms. The molecule has 7 heteroatoms. The smallest absolute Gasteiger partial charge is 0.333 e. The Balaban J connectivity index is 2.59. The van der Waals surface area contributed by atoms with Crippen molar-refractivity contribution >= 4 is 11.4 Å². The third-order valence-corrected chi connectivity index (χ3v) is 2.98. The molecule has 0 amide bonds. The van der Waals surface area contributed by atoms with Crippen LogP contribution in [-0.4, -0.2) is 14.2 Å². The predicted octanol–water partition coefficient (Wildman–Crippen LogP) is 1.51. The molecule has 0 unspecified atom stereocenters. The van der Waals surface area contributed by atoms with E-state index in [4.69, 9.17) is 0 Å². The number of azo groups is 1. The van der Waals surface area contributed by atoms with E-state index < -0.39 is 17.1 Å². The molecule has 0 saturated carbocycles. The minimum absolute atomic E-state index is 0.266. The van der Waals surface area contributed by atoms with E-state index >= 15 is 0 Å². The second-order valence-electron chi connectivity index (χ2n) is 4.36. The van der Waals surface area contributed by atoms with E-state index in [0.29, 0.717) is 5.69 Å². The Morgan fingerprint density at radius 2 is 1.70 bits per heavy atom. The summed E-state index contributed by atoms with van der Waals surface area (Å²) < 4.78 is 1.81. The average Bonchev–Trinajstić information content (AvgIpc) is 2.45. The largest absolute Gasteiger partial charge is 0.493 e. The molecule has 20 heavy (non-hydrogen) atoms. The van der Waals surface area contributed by atoms with Crippen LogP contribution in [0.1, 0.15) is 5.56 Å². The summed E-state index contributed by atoms with van der Waals surface area (Å²) >= 11 is 0. The number of hydrogen-bond acceptors (Lipinski definition) is 5. The van der Waals surface area contributed by atoms with Gasteiger partial charge < -0.3 is 5.11 Å². The fraction of sp³-hybridized carbons (Fsp3) is 0.231. The topological polar surface area (TPSA) is 88.9 Å². The molecule has 104 valence electrons. The van der Waals surface area contributed by atoms with Gasteiger partial charge in [-0.2, -0.15) is 0 Å². The van der Waals surface area contributed by atoms with Crippen LogP contribution in [-0.2, 0) is 14.1 Å². The number of aromatic hydroxyl groups is 1. The predicted molar refractivity (Wildman–Crippen MR) is 73.9 cm³/mol. The van der Waals surface area contributed by atoms with Gasteiger partial charge in [0.05, 0.1) is 5.69 Å². The van der Waals surface area contributed by atoms with Crippen LogP contribution < -0.4 is 11.2 Å². The third-order valence-electron chi connectivity index (χ3n) is 2.98. The van der Waals surface area contributed by atoms with Gasteiger partial charge >= 0.3 is 5.69 Å². The standard InChI is InChI=1S/C13H14N4O3/c1-8-6-4-5-7-9(8)14-15-10-11(18)16(2)13(20)17(3)12(10)19/h4-7,18H,1-3H3. The van der Waals surface area contributed by atoms with Crippen LogP contribution in [0.2, 0.25) is 0 Å². The lowest BCUT2D eigenvalue weighted by molar-refractivity contribution is 0.413. The van der Waals surface area contributed by atoms with Crippen LogP contribution in [0.15, 0.2) is 44.1 Å². The first-order valence-electron chi connectivity index (χ1n) is 5.90. The number of aromatic nitrogens is 2. The summed E-state index contributed by atoms with van der Waals surface area (Å²) in [5.74, 6) is -0.504. The Morgan fingerprint density at radius 3 is 2.35 bits per heavy atom. The van der Waals surface area contributed by atoms with E-state index in [9.17, 15) is 14.7 Å². The summed E-state index contributed by atoms with van der Waals surface area (Å²) in [6, 6.07) is 7.24. The molecular weight excluding hydrogens is 260 g/mol. The average molecular weight is 274 g/mol. The highest BCUT2D eigenvalue weighted by Gasteiger charge is 2.14. The van der Waals surface area contributed by atoms with Crippen LogP contribution in [0.4, 0.5) is 11.4 Å². The molecule has 1 heterocycles. The molecule has 0 aliphatic rings. The maximum absolute atomic E-state index is 11.9. The monoisotopic (exact) mass is 274 g/mol. The van der Waals surface area contributed by atoms with Crippen molar-refractivity contribution in [1.82, 2.24) is 9.13 Å². The number of rotatable bonds is 2. The van der Waals surface area contributed by atoms with Crippen molar-refractivity contribution < 1.29 is 5.11 Å². The summed E-state index contributed by atoms with van der Waals surface area (Å²) in [6.45, 7) is 1.85. The summed E-state index contributed by atoms with van der Waals surface area (Å²) in [4.78, 5) is 23.5. The van der Waals surface area contributed by atoms with Gasteiger partial charge in [-0.15, -0.1) is 10.2 Å². The maximum Gasteiger partial charge on any atom is 0.333 e. The first-order valence-corrected chi connectivity index (χ1v) is 5.90. The lowest BCUT2D eigenvalue weighted by Gasteiger charge is -2.06. The van der Waals surface area contributed by atoms with Crippen LogP contribution in [0.3, 0.4) is 0 Å². The number of nitrogens with zero attached hydrogens (tertiary/aromatic N) is 4. The second-order valence-corrected chi connectivity index (χ2v) is 4.36. The number of aryl methyl sites for hydroxylation is 1. The molecule has 7 nitrogen and oxygen atoms in total. The first-order chi connectivity index (χ1) is 9.43. The molecule has 0 spiro atoms. The molecule has 1 aromatic carbocycles. The highest BCUT2D eigenvalue weighted by atomic mass is 16.3. The van der Waals surface area contributed by atoms with Gasteiger partial charge in [0.25, 0.3) is 5.56 Å². The Labute approximate surface area is 114 Å². The zero-order chi connectivity index (χ0) is 14.9. The lowest BCUT2D eigenvalue weighted by atomic mass is 10.2. The lowest BCUT2D eigenvalue weighted by Crippen LogP contribution is -2.36. The fourth-order valence-electron chi connectivity index (χ4n) is 1.68. The van der Waals surface area contributed by atoms with Gasteiger partial charge in [0.15, 0.2) is 0 Å². The zero-order valence-electron chi connectivity index (χ0n) is 11.4. The van der Waals surface area contributed by atoms with Crippen molar-refractivity contribution in [3.8, 4) is 5.88 Å². The van der Waals surface area contributed by atoms with Crippen molar-refractivity contribution in [2.24, 2.45) is 24.3 Å². The summed E-state index contributed by atoms with van der Waals surface area (Å²) in [7, 11) is 2.67. The Hall–Kier alpha value is -2.70. The molecule has 2 rings (SSSR count). The van der Waals surface area contributed by atoms with E-state index in [2.05, 4.69) is 10.2 Å². The minimum Gasteiger partial charge on any atom is -0.493 e. The van der Waals surface area contributed by atoms with E-state index in [-0.39, 0.29) is 5.69 Å². The Bertz CT molecular complexity index is 802. The van der Waals surface area contributed by atoms with Crippen LogP contribution in [0, 0.1) is 6.92 Å². The molecule has 0 radical (unpaired) electrons. The summed E-state index contributed by atoms with van der Waals surface area (Å²) in [5.41, 5.74) is -0.108. The SMILES string of the molecule is Cc1ccccc1N=Nc1c(O)n(C)c(=O)n(C)c1=O. The molecule has 2 aromatic rings. The molecule has 1 aromatic heterocycles. The van der Waals surface area contributed by atoms with E-state index in [0.717, 1.165) is 14.7 Å². The highest BCUT2D eigenvalue weighted by Crippen LogP contribution is 2.23. The Kier molecular flexibility index (Phi) is 3.51. The van der Waals surface area contributed by atoms with Crippen molar-refractivity contribution in [1.29, 1.82) is 0 Å². The van der Waals surface area contributed by atoms with Crippen molar-refractivity contribution in [3.63, 3.8) is 0 Å². The van der Waals surface area contributed by atoms with Crippen molar-refractivity contribution in [3.05, 3.63) is 50.7 Å². The van der Waals surface area contributed by atoms with E-state index in [1.807, 2.05) is 19.1 Å². The highest BCUT2D eigenvalue weighted by molar-refractivity contribution is 5.47. The molecule has 0 fully saturated rings. The third kappa shape index (κ3) is 2.25. The van der Waals surface area contributed by atoms with E-state index in [1.54, 1.807) is 12.1 Å². The fourth-order valence-corrected chi connectivity index (χ4v) is 1.68. The van der Waals surface area contributed by atoms with Gasteiger partial charge in [0.2, 0.25) is 11.6 Å². The van der Waals surface area contributed by atoms with Crippen molar-refractivity contribution in [2.45, 2.75) is 6.92 Å². The van der Waals surface area contributed by atoms with Gasteiger partial charge in [-0.3, -0.25) is 13.9 Å². The number of hydrogen-bond donors (Lipinski definition) is 1. The Morgan fingerprint density at radius 1 is 1.05 bits per heavy atom. The molecule has 0 aliphatic heterocycles. The summed E-state index contributed by atoms with van der Waals surface area (Å²) in [5, 5.41) is 17.6. The molecule has 0 saturated heterocycles. The molecule has 1 N–H and O–H groups in total. The van der Waals surface area contributed by atoms with E-state index in [1.165, 1.54) is 14.1 Å². The summed E-state index contributed by atoms with van der Waals surface area (Å²) in [6.07, 6.45) is 0. The van der Waals surface area contributed by atoms with Gasteiger partial charge in [-0.05, 0) is 18.6 Å². The second kappa shape index (κ2) is 5.12. The van der Waals surface area contributed by atoms with Crippen LogP contribution in [0.5, 0.6) is 5.88 Å². The van der Waals surface area contributed by atoms with Gasteiger partial charge in [0.1, 0.15) is 0 Å². The quantitative estimate of drug-likeness (QED) is 0.842. The van der Waals surface area contributed by atoms with Crippen molar-refractivity contribution in [2.75, 3.05) is 0 Å². The van der Waals surface area contributed by atoms with Gasteiger partial charge in [-0.25, -0.2) is 4.79 Å². The molecule has 0 atom stereocenters. The molecule has 0 aliphatic carbocycles. The molecular formula is C13H14N4O3. The van der Waals surface area contributed by atoms with Crippen LogP contribution >= 0.6 is 0 Å². The zero-order valence-corrected chi connectivity index (χ0v) is 11.4. The van der Waals surface area contributed by atoms with Crippen LogP contribution in [0.25, 0.3) is 0 Å². The minimum atomic E-state index is -0.692. The first kappa shape index (κ1) is 13.7. The normalized spacial score (nSPS) is 11.2.